The first kappa shape index (κ1) is 18.6. The number of Topliss-reactive ketones (excluding diaryl/α,β-unsaturated/α-hetero) is 1. The maximum atomic E-state index is 11.5. The quantitative estimate of drug-likeness (QED) is 0.572. The van der Waals surface area contributed by atoms with Crippen LogP contribution in [-0.4, -0.2) is 5.78 Å². The van der Waals surface area contributed by atoms with Gasteiger partial charge in [0, 0.05) is 5.56 Å². The van der Waals surface area contributed by atoms with E-state index in [2.05, 4.69) is 53.3 Å². The number of hydrogen-bond donors (Lipinski definition) is 0. The van der Waals surface area contributed by atoms with Crippen molar-refractivity contribution in [3.05, 3.63) is 76.4 Å². The minimum atomic E-state index is 0.0936. The summed E-state index contributed by atoms with van der Waals surface area (Å²) in [6.07, 6.45) is 2.43. The van der Waals surface area contributed by atoms with E-state index >= 15 is 0 Å². The van der Waals surface area contributed by atoms with Gasteiger partial charge in [-0.15, -0.1) is 0 Å². The lowest BCUT2D eigenvalue weighted by Gasteiger charge is -2.42. The first-order valence-corrected chi connectivity index (χ1v) is 9.49. The summed E-state index contributed by atoms with van der Waals surface area (Å²) in [6, 6.07) is 12.5. The maximum Gasteiger partial charge on any atom is 0.159 e. The Kier molecular flexibility index (Phi) is 4.46. The number of ketones is 1. The number of hydrogen-bond acceptors (Lipinski definition) is 1. The van der Waals surface area contributed by atoms with Crippen LogP contribution in [0.2, 0.25) is 0 Å². The highest BCUT2D eigenvalue weighted by atomic mass is 16.1. The smallest absolute Gasteiger partial charge is 0.159 e. The molecular formula is C25H30O. The van der Waals surface area contributed by atoms with Crippen molar-refractivity contribution in [2.75, 3.05) is 0 Å². The lowest BCUT2D eigenvalue weighted by atomic mass is 9.62. The molecule has 0 fully saturated rings. The van der Waals surface area contributed by atoms with Crippen molar-refractivity contribution in [2.45, 2.75) is 65.2 Å². The van der Waals surface area contributed by atoms with Gasteiger partial charge in [0.25, 0.3) is 0 Å². The molecule has 0 N–H and O–H groups in total. The molecular weight excluding hydrogens is 316 g/mol. The van der Waals surface area contributed by atoms with Crippen LogP contribution in [0.5, 0.6) is 0 Å². The van der Waals surface area contributed by atoms with Crippen LogP contribution in [0.15, 0.2) is 43.0 Å². The third-order valence-electron chi connectivity index (χ3n) is 6.16. The summed E-state index contributed by atoms with van der Waals surface area (Å²) in [7, 11) is 0. The summed E-state index contributed by atoms with van der Waals surface area (Å²) in [5.74, 6) is 0.0936. The lowest BCUT2D eigenvalue weighted by Crippen LogP contribution is -2.34. The standard InChI is InChI=1S/C25H30O/c1-16-14-22-23(25(6,7)13-12-24(22,4)5)15-21(16)17(2)19-8-10-20(11-9-19)18(3)26/h8-11,14-15H,2,12-13H2,1,3-7H3. The predicted octanol–water partition coefficient (Wildman–Crippen LogP) is 6.61. The van der Waals surface area contributed by atoms with E-state index in [1.165, 1.54) is 35.1 Å². The molecule has 1 aliphatic rings. The van der Waals surface area contributed by atoms with E-state index in [0.717, 1.165) is 16.7 Å². The zero-order valence-electron chi connectivity index (χ0n) is 17.0. The molecule has 1 aliphatic carbocycles. The summed E-state index contributed by atoms with van der Waals surface area (Å²) in [5.41, 5.74) is 8.67. The molecule has 26 heavy (non-hydrogen) atoms. The third-order valence-corrected chi connectivity index (χ3v) is 6.16. The van der Waals surface area contributed by atoms with E-state index in [1.54, 1.807) is 6.92 Å². The van der Waals surface area contributed by atoms with Crippen LogP contribution in [-0.2, 0) is 10.8 Å². The molecule has 0 heterocycles. The van der Waals surface area contributed by atoms with Gasteiger partial charge in [-0.1, -0.05) is 70.7 Å². The Morgan fingerprint density at radius 1 is 0.885 bits per heavy atom. The van der Waals surface area contributed by atoms with Crippen LogP contribution in [0.1, 0.15) is 85.6 Å². The molecule has 0 unspecified atom stereocenters. The molecule has 0 amide bonds. The predicted molar refractivity (Wildman–Crippen MR) is 111 cm³/mol. The van der Waals surface area contributed by atoms with Gasteiger partial charge in [-0.2, -0.15) is 0 Å². The fourth-order valence-electron chi connectivity index (χ4n) is 4.11. The van der Waals surface area contributed by atoms with Crippen molar-refractivity contribution in [3.63, 3.8) is 0 Å². The molecule has 0 aliphatic heterocycles. The molecule has 0 aromatic heterocycles. The Hall–Kier alpha value is -2.15. The van der Waals surface area contributed by atoms with Crippen LogP contribution in [0.4, 0.5) is 0 Å². The van der Waals surface area contributed by atoms with Crippen molar-refractivity contribution >= 4 is 11.4 Å². The van der Waals surface area contributed by atoms with Gasteiger partial charge < -0.3 is 0 Å². The maximum absolute atomic E-state index is 11.5. The van der Waals surface area contributed by atoms with Crippen molar-refractivity contribution in [1.29, 1.82) is 0 Å². The van der Waals surface area contributed by atoms with Crippen molar-refractivity contribution in [3.8, 4) is 0 Å². The summed E-state index contributed by atoms with van der Waals surface area (Å²) in [5, 5.41) is 0. The van der Waals surface area contributed by atoms with Crippen LogP contribution < -0.4 is 0 Å². The minimum Gasteiger partial charge on any atom is -0.295 e. The van der Waals surface area contributed by atoms with Gasteiger partial charge in [0.05, 0.1) is 0 Å². The van der Waals surface area contributed by atoms with Gasteiger partial charge in [0.1, 0.15) is 0 Å². The molecule has 3 rings (SSSR count). The monoisotopic (exact) mass is 346 g/mol. The molecule has 1 nitrogen and oxygen atoms in total. The van der Waals surface area contributed by atoms with Gasteiger partial charge in [-0.25, -0.2) is 0 Å². The molecule has 0 radical (unpaired) electrons. The average molecular weight is 347 g/mol. The number of fused-ring (bicyclic) bond motifs is 1. The van der Waals surface area contributed by atoms with Gasteiger partial charge in [-0.05, 0) is 70.9 Å². The Morgan fingerprint density at radius 3 is 1.85 bits per heavy atom. The summed E-state index contributed by atoms with van der Waals surface area (Å²) >= 11 is 0. The highest BCUT2D eigenvalue weighted by molar-refractivity contribution is 5.94. The molecule has 136 valence electrons. The van der Waals surface area contributed by atoms with Gasteiger partial charge >= 0.3 is 0 Å². The minimum absolute atomic E-state index is 0.0936. The highest BCUT2D eigenvalue weighted by Crippen LogP contribution is 2.47. The van der Waals surface area contributed by atoms with E-state index in [0.29, 0.717) is 0 Å². The van der Waals surface area contributed by atoms with E-state index in [1.807, 2.05) is 24.3 Å². The van der Waals surface area contributed by atoms with Crippen molar-refractivity contribution in [1.82, 2.24) is 0 Å². The number of carbonyl (C=O) groups excluding carboxylic acids is 1. The van der Waals surface area contributed by atoms with Crippen LogP contribution >= 0.6 is 0 Å². The van der Waals surface area contributed by atoms with E-state index in [-0.39, 0.29) is 16.6 Å². The Labute approximate surface area is 158 Å². The molecule has 0 spiro atoms. The molecule has 0 saturated carbocycles. The summed E-state index contributed by atoms with van der Waals surface area (Å²) in [6.45, 7) is 17.6. The summed E-state index contributed by atoms with van der Waals surface area (Å²) < 4.78 is 0. The second-order valence-electron chi connectivity index (χ2n) is 9.09. The molecule has 1 heteroatoms. The first-order chi connectivity index (χ1) is 12.0. The third kappa shape index (κ3) is 3.16. The normalized spacial score (nSPS) is 17.5. The molecule has 2 aromatic rings. The van der Waals surface area contributed by atoms with E-state index in [4.69, 9.17) is 0 Å². The SMILES string of the molecule is C=C(c1ccc(C(C)=O)cc1)c1cc2c(cc1C)C(C)(C)CCC2(C)C. The largest absolute Gasteiger partial charge is 0.295 e. The molecule has 0 atom stereocenters. The van der Waals surface area contributed by atoms with Gasteiger partial charge in [0.15, 0.2) is 5.78 Å². The second-order valence-corrected chi connectivity index (χ2v) is 9.09. The highest BCUT2D eigenvalue weighted by Gasteiger charge is 2.37. The first-order valence-electron chi connectivity index (χ1n) is 9.49. The molecule has 2 aromatic carbocycles. The fourth-order valence-corrected chi connectivity index (χ4v) is 4.11. The molecule has 0 saturated heterocycles. The van der Waals surface area contributed by atoms with E-state index < -0.39 is 0 Å². The average Bonchev–Trinajstić information content (AvgIpc) is 2.58. The fraction of sp³-hybridized carbons (Fsp3) is 0.400. The van der Waals surface area contributed by atoms with Gasteiger partial charge in [0.2, 0.25) is 0 Å². The molecule has 0 bridgehead atoms. The number of aryl methyl sites for hydroxylation is 1. The zero-order valence-corrected chi connectivity index (χ0v) is 17.0. The Bertz CT molecular complexity index is 879. The number of rotatable bonds is 3. The van der Waals surface area contributed by atoms with E-state index in [9.17, 15) is 4.79 Å². The zero-order chi connectivity index (χ0) is 19.3. The Balaban J connectivity index is 2.09. The van der Waals surface area contributed by atoms with Crippen LogP contribution in [0.3, 0.4) is 0 Å². The van der Waals surface area contributed by atoms with Crippen molar-refractivity contribution < 1.29 is 4.79 Å². The Morgan fingerprint density at radius 2 is 1.35 bits per heavy atom. The van der Waals surface area contributed by atoms with Gasteiger partial charge in [-0.3, -0.25) is 4.79 Å². The second kappa shape index (κ2) is 6.23. The topological polar surface area (TPSA) is 17.1 Å². The van der Waals surface area contributed by atoms with Crippen molar-refractivity contribution in [2.24, 2.45) is 0 Å². The summed E-state index contributed by atoms with van der Waals surface area (Å²) in [4.78, 5) is 11.5. The number of carbonyl (C=O) groups is 1. The van der Waals surface area contributed by atoms with Crippen LogP contribution in [0.25, 0.3) is 5.57 Å². The number of benzene rings is 2. The lowest BCUT2D eigenvalue weighted by molar-refractivity contribution is 0.101. The van der Waals surface area contributed by atoms with Crippen LogP contribution in [0, 0.1) is 6.92 Å².